The summed E-state index contributed by atoms with van der Waals surface area (Å²) in [6.07, 6.45) is 0.109. The van der Waals surface area contributed by atoms with Crippen LogP contribution in [0.2, 0.25) is 0 Å². The molecule has 4 rings (SSSR count). The first-order chi connectivity index (χ1) is 14.5. The Labute approximate surface area is 187 Å². The van der Waals surface area contributed by atoms with Crippen LogP contribution in [0.5, 0.6) is 0 Å². The van der Waals surface area contributed by atoms with Crippen molar-refractivity contribution >= 4 is 23.0 Å². The van der Waals surface area contributed by atoms with Gasteiger partial charge in [0.25, 0.3) is 0 Å². The number of aromatic nitrogens is 3. The Bertz CT molecular complexity index is 1180. The molecule has 0 saturated heterocycles. The van der Waals surface area contributed by atoms with Crippen molar-refractivity contribution in [2.45, 2.75) is 66.5 Å². The monoisotopic (exact) mass is 436 g/mol. The maximum atomic E-state index is 12.7. The Morgan fingerprint density at radius 3 is 2.42 bits per heavy atom. The second-order valence-electron chi connectivity index (χ2n) is 9.05. The van der Waals surface area contributed by atoms with Crippen LogP contribution in [-0.2, 0) is 9.53 Å². The number of carbonyl (C=O) groups excluding carboxylic acids is 1. The van der Waals surface area contributed by atoms with Gasteiger partial charge in [0.2, 0.25) is 0 Å². The van der Waals surface area contributed by atoms with Crippen LogP contribution < -0.4 is 0 Å². The summed E-state index contributed by atoms with van der Waals surface area (Å²) in [5, 5.41) is 9.80. The Morgan fingerprint density at radius 1 is 1.10 bits per heavy atom. The Morgan fingerprint density at radius 2 is 1.77 bits per heavy atom. The highest BCUT2D eigenvalue weighted by Gasteiger charge is 2.33. The molecule has 0 N–H and O–H groups in total. The number of hydrogen-bond acceptors (Lipinski definition) is 6. The minimum atomic E-state index is -0.554. The number of aryl methyl sites for hydroxylation is 3. The van der Waals surface area contributed by atoms with Gasteiger partial charge in [-0.2, -0.15) is 0 Å². The number of fused-ring (bicyclic) bond motifs is 3. The van der Waals surface area contributed by atoms with Crippen molar-refractivity contribution in [3.63, 3.8) is 0 Å². The molecular formula is C24H28N4O2S. The maximum absolute atomic E-state index is 12.7. The summed E-state index contributed by atoms with van der Waals surface area (Å²) < 4.78 is 7.65. The highest BCUT2D eigenvalue weighted by Crippen LogP contribution is 2.39. The molecule has 0 amide bonds. The van der Waals surface area contributed by atoms with Gasteiger partial charge in [-0.25, -0.2) is 0 Å². The van der Waals surface area contributed by atoms with Crippen LogP contribution in [0.4, 0.5) is 0 Å². The smallest absolute Gasteiger partial charge is 0.308 e. The third-order valence-corrected chi connectivity index (χ3v) is 6.54. The third-order valence-electron chi connectivity index (χ3n) is 5.34. The van der Waals surface area contributed by atoms with E-state index in [9.17, 15) is 4.79 Å². The molecule has 0 unspecified atom stereocenters. The van der Waals surface area contributed by atoms with Gasteiger partial charge in [-0.1, -0.05) is 29.8 Å². The second-order valence-corrected chi connectivity index (χ2v) is 10.3. The number of nitrogens with zero attached hydrogens (tertiary/aromatic N) is 4. The van der Waals surface area contributed by atoms with Crippen molar-refractivity contribution in [1.82, 2.24) is 14.8 Å². The van der Waals surface area contributed by atoms with Crippen molar-refractivity contribution in [3.8, 4) is 5.00 Å². The summed E-state index contributed by atoms with van der Waals surface area (Å²) in [5.41, 5.74) is 4.82. The number of aliphatic imine (C=N–C) groups is 1. The van der Waals surface area contributed by atoms with Gasteiger partial charge in [-0.05, 0) is 54.0 Å². The van der Waals surface area contributed by atoms with Crippen molar-refractivity contribution in [2.24, 2.45) is 4.99 Å². The number of carbonyl (C=O) groups is 1. The molecule has 1 aliphatic heterocycles. The van der Waals surface area contributed by atoms with Crippen LogP contribution in [0.15, 0.2) is 29.3 Å². The highest BCUT2D eigenvalue weighted by molar-refractivity contribution is 7.15. The van der Waals surface area contributed by atoms with Crippen molar-refractivity contribution in [1.29, 1.82) is 0 Å². The largest absolute Gasteiger partial charge is 0.460 e. The fraction of sp³-hybridized carbons (Fsp3) is 0.417. The summed E-state index contributed by atoms with van der Waals surface area (Å²) in [7, 11) is 0. The molecule has 0 aliphatic carbocycles. The van der Waals surface area contributed by atoms with Crippen LogP contribution >= 0.6 is 11.3 Å². The fourth-order valence-corrected chi connectivity index (χ4v) is 4.99. The quantitative estimate of drug-likeness (QED) is 0.530. The predicted molar refractivity (Wildman–Crippen MR) is 123 cm³/mol. The molecule has 0 saturated carbocycles. The van der Waals surface area contributed by atoms with E-state index >= 15 is 0 Å². The fourth-order valence-electron chi connectivity index (χ4n) is 3.78. The maximum Gasteiger partial charge on any atom is 0.308 e. The lowest BCUT2D eigenvalue weighted by Crippen LogP contribution is -2.25. The molecule has 0 bridgehead atoms. The standard InChI is InChI=1S/C24H28N4O2S/c1-13-8-10-17(11-9-13)21-20-14(2)15(3)31-23(20)28-16(4)26-27-22(28)18(25-21)12-19(29)30-24(5,6)7/h8-11,18H,12H2,1-7H3/t18-/m0/s1. The third kappa shape index (κ3) is 4.06. The summed E-state index contributed by atoms with van der Waals surface area (Å²) in [4.78, 5) is 19.1. The average Bonchev–Trinajstić information content (AvgIpc) is 3.14. The van der Waals surface area contributed by atoms with Gasteiger partial charge >= 0.3 is 5.97 Å². The van der Waals surface area contributed by atoms with Crippen LogP contribution in [-0.4, -0.2) is 32.0 Å². The minimum Gasteiger partial charge on any atom is -0.460 e. The van der Waals surface area contributed by atoms with E-state index in [0.717, 1.165) is 27.7 Å². The van der Waals surface area contributed by atoms with Gasteiger partial charge in [0.1, 0.15) is 22.5 Å². The highest BCUT2D eigenvalue weighted by atomic mass is 32.1. The zero-order valence-electron chi connectivity index (χ0n) is 19.1. The number of rotatable bonds is 3. The van der Waals surface area contributed by atoms with Crippen LogP contribution in [0.25, 0.3) is 5.00 Å². The van der Waals surface area contributed by atoms with Crippen molar-refractivity contribution in [3.05, 3.63) is 63.0 Å². The molecule has 6 nitrogen and oxygen atoms in total. The molecule has 3 aromatic rings. The SMILES string of the molecule is Cc1ccc(C2=N[C@@H](CC(=O)OC(C)(C)C)c3nnc(C)n3-c3sc(C)c(C)c32)cc1. The van der Waals surface area contributed by atoms with Gasteiger partial charge < -0.3 is 4.74 Å². The Kier molecular flexibility index (Phi) is 5.33. The van der Waals surface area contributed by atoms with Gasteiger partial charge in [0.05, 0.1) is 12.1 Å². The number of benzene rings is 1. The van der Waals surface area contributed by atoms with Crippen LogP contribution in [0, 0.1) is 27.7 Å². The van der Waals surface area contributed by atoms with E-state index in [1.165, 1.54) is 16.0 Å². The molecule has 0 fully saturated rings. The first kappa shape index (κ1) is 21.4. The second kappa shape index (κ2) is 7.71. The van der Waals surface area contributed by atoms with E-state index in [1.807, 2.05) is 27.7 Å². The zero-order chi connectivity index (χ0) is 22.5. The Balaban J connectivity index is 1.91. The van der Waals surface area contributed by atoms with E-state index < -0.39 is 11.6 Å². The molecule has 0 spiro atoms. The molecule has 31 heavy (non-hydrogen) atoms. The van der Waals surface area contributed by atoms with Gasteiger partial charge in [-0.3, -0.25) is 14.4 Å². The molecule has 1 atom stereocenters. The Hall–Kier alpha value is -2.80. The molecule has 7 heteroatoms. The number of hydrogen-bond donors (Lipinski definition) is 0. The first-order valence-corrected chi connectivity index (χ1v) is 11.3. The molecule has 0 radical (unpaired) electrons. The van der Waals surface area contributed by atoms with E-state index in [-0.39, 0.29) is 12.4 Å². The zero-order valence-corrected chi connectivity index (χ0v) is 19.9. The first-order valence-electron chi connectivity index (χ1n) is 10.4. The lowest BCUT2D eigenvalue weighted by Gasteiger charge is -2.21. The van der Waals surface area contributed by atoms with Crippen LogP contribution in [0.3, 0.4) is 0 Å². The summed E-state index contributed by atoms with van der Waals surface area (Å²) in [6, 6.07) is 7.88. The van der Waals surface area contributed by atoms with Gasteiger partial charge in [0.15, 0.2) is 5.82 Å². The van der Waals surface area contributed by atoms with E-state index in [4.69, 9.17) is 9.73 Å². The minimum absolute atomic E-state index is 0.109. The number of ether oxygens (including phenoxy) is 1. The van der Waals surface area contributed by atoms with E-state index in [1.54, 1.807) is 11.3 Å². The molecule has 1 aliphatic rings. The topological polar surface area (TPSA) is 69.4 Å². The molecule has 1 aromatic carbocycles. The average molecular weight is 437 g/mol. The number of esters is 1. The predicted octanol–water partition coefficient (Wildman–Crippen LogP) is 5.19. The van der Waals surface area contributed by atoms with Gasteiger partial charge in [0, 0.05) is 16.0 Å². The van der Waals surface area contributed by atoms with E-state index in [2.05, 4.69) is 59.8 Å². The normalized spacial score (nSPS) is 15.7. The van der Waals surface area contributed by atoms with Gasteiger partial charge in [-0.15, -0.1) is 21.5 Å². The summed E-state index contributed by atoms with van der Waals surface area (Å²) >= 11 is 1.71. The molecular weight excluding hydrogens is 408 g/mol. The lowest BCUT2D eigenvalue weighted by atomic mass is 9.99. The number of thiophene rings is 1. The van der Waals surface area contributed by atoms with Crippen molar-refractivity contribution < 1.29 is 9.53 Å². The van der Waals surface area contributed by atoms with Crippen LogP contribution in [0.1, 0.15) is 72.0 Å². The van der Waals surface area contributed by atoms with E-state index in [0.29, 0.717) is 5.82 Å². The van der Waals surface area contributed by atoms with Crippen molar-refractivity contribution in [2.75, 3.05) is 0 Å². The summed E-state index contributed by atoms with van der Waals surface area (Å²) in [5.74, 6) is 1.16. The molecule has 3 heterocycles. The summed E-state index contributed by atoms with van der Waals surface area (Å²) in [6.45, 7) is 13.9. The molecule has 162 valence electrons. The molecule has 2 aromatic heterocycles. The lowest BCUT2D eigenvalue weighted by molar-refractivity contribution is -0.155.